The summed E-state index contributed by atoms with van der Waals surface area (Å²) in [5, 5.41) is 3.42. The first-order chi connectivity index (χ1) is 10.0. The second-order valence-corrected chi connectivity index (χ2v) is 6.30. The van der Waals surface area contributed by atoms with Crippen molar-refractivity contribution in [3.63, 3.8) is 0 Å². The molecule has 0 amide bonds. The summed E-state index contributed by atoms with van der Waals surface area (Å²) in [4.78, 5) is 14.1. The molecule has 1 aromatic rings. The van der Waals surface area contributed by atoms with E-state index in [0.29, 0.717) is 12.1 Å². The largest absolute Gasteiger partial charge is 0.338 e. The number of nitrogens with one attached hydrogen (secondary N) is 1. The number of anilines is 1. The first-order valence-corrected chi connectivity index (χ1v) is 8.02. The second-order valence-electron chi connectivity index (χ2n) is 6.30. The number of hydrogen-bond donors (Lipinski definition) is 1. The molecule has 0 spiro atoms. The number of hydrogen-bond acceptors (Lipinski definition) is 5. The summed E-state index contributed by atoms with van der Waals surface area (Å²) in [6.07, 6.45) is 3.15. The van der Waals surface area contributed by atoms with Crippen LogP contribution in [0, 0.1) is 6.92 Å². The lowest BCUT2D eigenvalue weighted by Crippen LogP contribution is -2.51. The Morgan fingerprint density at radius 1 is 1.38 bits per heavy atom. The Kier molecular flexibility index (Phi) is 5.53. The summed E-state index contributed by atoms with van der Waals surface area (Å²) in [5.41, 5.74) is 2.27. The molecule has 1 aliphatic rings. The van der Waals surface area contributed by atoms with Crippen molar-refractivity contribution in [2.24, 2.45) is 0 Å². The summed E-state index contributed by atoms with van der Waals surface area (Å²) in [5.74, 6) is 0.882. The molecule has 5 heteroatoms. The highest BCUT2D eigenvalue weighted by Crippen LogP contribution is 2.17. The Morgan fingerprint density at radius 3 is 2.76 bits per heavy atom. The van der Waals surface area contributed by atoms with E-state index in [1.54, 1.807) is 0 Å². The van der Waals surface area contributed by atoms with E-state index in [9.17, 15) is 0 Å². The smallest absolute Gasteiger partial charge is 0.225 e. The Labute approximate surface area is 128 Å². The predicted octanol–water partition coefficient (Wildman–Crippen LogP) is 1.81. The highest BCUT2D eigenvalue weighted by Gasteiger charge is 2.24. The van der Waals surface area contributed by atoms with Gasteiger partial charge < -0.3 is 10.2 Å². The molecular formula is C16H29N5. The number of piperazine rings is 1. The second kappa shape index (κ2) is 7.18. The zero-order valence-electron chi connectivity index (χ0n) is 14.1. The van der Waals surface area contributed by atoms with Crippen molar-refractivity contribution in [2.75, 3.05) is 31.6 Å². The molecule has 2 heterocycles. The summed E-state index contributed by atoms with van der Waals surface area (Å²) in [6, 6.07) is 1.08. The van der Waals surface area contributed by atoms with Crippen LogP contribution in [0.5, 0.6) is 0 Å². The average Bonchev–Trinajstić information content (AvgIpc) is 2.46. The van der Waals surface area contributed by atoms with Crippen LogP contribution in [0.2, 0.25) is 0 Å². The molecule has 1 fully saturated rings. The van der Waals surface area contributed by atoms with Gasteiger partial charge in [-0.25, -0.2) is 9.97 Å². The molecule has 0 saturated carbocycles. The van der Waals surface area contributed by atoms with Gasteiger partial charge in [0.2, 0.25) is 5.95 Å². The number of rotatable bonds is 5. The van der Waals surface area contributed by atoms with E-state index in [1.165, 1.54) is 12.0 Å². The van der Waals surface area contributed by atoms with Gasteiger partial charge in [0, 0.05) is 55.7 Å². The van der Waals surface area contributed by atoms with Gasteiger partial charge in [-0.3, -0.25) is 4.90 Å². The van der Waals surface area contributed by atoms with E-state index in [0.717, 1.165) is 37.8 Å². The fourth-order valence-electron chi connectivity index (χ4n) is 2.69. The minimum Gasteiger partial charge on any atom is -0.338 e. The predicted molar refractivity (Wildman–Crippen MR) is 87.7 cm³/mol. The van der Waals surface area contributed by atoms with Gasteiger partial charge in [0.25, 0.3) is 0 Å². The summed E-state index contributed by atoms with van der Waals surface area (Å²) < 4.78 is 0. The maximum Gasteiger partial charge on any atom is 0.225 e. The molecule has 0 aliphatic carbocycles. The lowest BCUT2D eigenvalue weighted by molar-refractivity contribution is 0.212. The van der Waals surface area contributed by atoms with E-state index in [2.05, 4.69) is 54.8 Å². The van der Waals surface area contributed by atoms with Crippen molar-refractivity contribution < 1.29 is 0 Å². The lowest BCUT2D eigenvalue weighted by Gasteiger charge is -2.39. The topological polar surface area (TPSA) is 44.3 Å². The Hall–Kier alpha value is -1.20. The van der Waals surface area contributed by atoms with Gasteiger partial charge in [-0.05, 0) is 20.4 Å². The minimum atomic E-state index is 0.479. The minimum absolute atomic E-state index is 0.479. The van der Waals surface area contributed by atoms with Crippen molar-refractivity contribution in [3.8, 4) is 0 Å². The van der Waals surface area contributed by atoms with E-state index >= 15 is 0 Å². The van der Waals surface area contributed by atoms with Crippen LogP contribution in [-0.4, -0.2) is 53.6 Å². The van der Waals surface area contributed by atoms with Gasteiger partial charge in [-0.1, -0.05) is 20.8 Å². The third-order valence-electron chi connectivity index (χ3n) is 4.30. The molecule has 1 aromatic heterocycles. The third-order valence-corrected chi connectivity index (χ3v) is 4.30. The van der Waals surface area contributed by atoms with Gasteiger partial charge in [-0.2, -0.15) is 0 Å². The molecule has 21 heavy (non-hydrogen) atoms. The lowest BCUT2D eigenvalue weighted by atomic mass is 10.1. The number of nitrogens with zero attached hydrogens (tertiary/aromatic N) is 4. The van der Waals surface area contributed by atoms with Crippen LogP contribution in [0.1, 0.15) is 38.4 Å². The zero-order chi connectivity index (χ0) is 15.4. The van der Waals surface area contributed by atoms with Crippen LogP contribution >= 0.6 is 0 Å². The van der Waals surface area contributed by atoms with Crippen LogP contribution in [0.4, 0.5) is 5.95 Å². The standard InChI is InChI=1S/C16H29N5/c1-6-15-11-21(8-7-20(15)5)16-18-10-14(13(4)19-16)9-17-12(2)3/h10,12,15,17H,6-9,11H2,1-5H3. The molecule has 1 unspecified atom stereocenters. The maximum absolute atomic E-state index is 4.72. The van der Waals surface area contributed by atoms with Gasteiger partial charge in [0.15, 0.2) is 0 Å². The van der Waals surface area contributed by atoms with Gasteiger partial charge in [0.05, 0.1) is 0 Å². The van der Waals surface area contributed by atoms with Crippen molar-refractivity contribution in [1.29, 1.82) is 0 Å². The highest BCUT2D eigenvalue weighted by atomic mass is 15.3. The fraction of sp³-hybridized carbons (Fsp3) is 0.750. The molecule has 0 aromatic carbocycles. The van der Waals surface area contributed by atoms with Crippen LogP contribution in [0.15, 0.2) is 6.20 Å². The van der Waals surface area contributed by atoms with Crippen molar-refractivity contribution in [2.45, 2.75) is 52.7 Å². The van der Waals surface area contributed by atoms with Crippen LogP contribution < -0.4 is 10.2 Å². The van der Waals surface area contributed by atoms with Gasteiger partial charge >= 0.3 is 0 Å². The maximum atomic E-state index is 4.72. The average molecular weight is 291 g/mol. The normalized spacial score (nSPS) is 20.3. The first-order valence-electron chi connectivity index (χ1n) is 8.02. The molecule has 2 rings (SSSR count). The van der Waals surface area contributed by atoms with E-state index in [4.69, 9.17) is 4.98 Å². The quantitative estimate of drug-likeness (QED) is 0.896. The van der Waals surface area contributed by atoms with Crippen molar-refractivity contribution in [1.82, 2.24) is 20.2 Å². The Balaban J connectivity index is 2.05. The van der Waals surface area contributed by atoms with Gasteiger partial charge in [0.1, 0.15) is 0 Å². The van der Waals surface area contributed by atoms with Crippen LogP contribution in [0.3, 0.4) is 0 Å². The summed E-state index contributed by atoms with van der Waals surface area (Å²) in [7, 11) is 2.21. The molecule has 1 N–H and O–H groups in total. The molecule has 1 aliphatic heterocycles. The fourth-order valence-corrected chi connectivity index (χ4v) is 2.69. The SMILES string of the molecule is CCC1CN(c2ncc(CNC(C)C)c(C)n2)CCN1C. The molecule has 1 saturated heterocycles. The van der Waals surface area contributed by atoms with Crippen molar-refractivity contribution in [3.05, 3.63) is 17.5 Å². The van der Waals surface area contributed by atoms with E-state index in [1.807, 2.05) is 6.20 Å². The van der Waals surface area contributed by atoms with Gasteiger partial charge in [-0.15, -0.1) is 0 Å². The molecule has 0 radical (unpaired) electrons. The molecule has 1 atom stereocenters. The van der Waals surface area contributed by atoms with E-state index in [-0.39, 0.29) is 0 Å². The first kappa shape index (κ1) is 16.2. The monoisotopic (exact) mass is 291 g/mol. The Bertz CT molecular complexity index is 460. The summed E-state index contributed by atoms with van der Waals surface area (Å²) >= 11 is 0. The number of likely N-dealkylation sites (N-methyl/N-ethyl adjacent to an activating group) is 1. The zero-order valence-corrected chi connectivity index (χ0v) is 14.1. The van der Waals surface area contributed by atoms with Crippen LogP contribution in [-0.2, 0) is 6.54 Å². The van der Waals surface area contributed by atoms with Crippen molar-refractivity contribution >= 4 is 5.95 Å². The molecule has 0 bridgehead atoms. The molecular weight excluding hydrogens is 262 g/mol. The number of aryl methyl sites for hydroxylation is 1. The van der Waals surface area contributed by atoms with Crippen LogP contribution in [0.25, 0.3) is 0 Å². The highest BCUT2D eigenvalue weighted by molar-refractivity contribution is 5.34. The van der Waals surface area contributed by atoms with E-state index < -0.39 is 0 Å². The summed E-state index contributed by atoms with van der Waals surface area (Å²) in [6.45, 7) is 12.6. The molecule has 5 nitrogen and oxygen atoms in total. The number of aromatic nitrogens is 2. The molecule has 118 valence electrons. The third kappa shape index (κ3) is 4.14. The Morgan fingerprint density at radius 2 is 2.14 bits per heavy atom.